The van der Waals surface area contributed by atoms with Crippen LogP contribution in [0.25, 0.3) is 22.7 Å². The van der Waals surface area contributed by atoms with Crippen LogP contribution >= 0.6 is 15.9 Å². The van der Waals surface area contributed by atoms with Crippen molar-refractivity contribution < 1.29 is 9.21 Å². The van der Waals surface area contributed by atoms with Crippen molar-refractivity contribution in [2.75, 3.05) is 0 Å². The van der Waals surface area contributed by atoms with Crippen molar-refractivity contribution in [3.05, 3.63) is 82.5 Å². The Labute approximate surface area is 158 Å². The zero-order valence-corrected chi connectivity index (χ0v) is 15.2. The van der Waals surface area contributed by atoms with Gasteiger partial charge in [0.1, 0.15) is 0 Å². The van der Waals surface area contributed by atoms with E-state index in [-0.39, 0.29) is 5.91 Å². The molecular weight excluding hydrogens is 394 g/mol. The molecule has 0 radical (unpaired) electrons. The highest BCUT2D eigenvalue weighted by atomic mass is 79.9. The molecule has 1 amide bonds. The van der Waals surface area contributed by atoms with Crippen molar-refractivity contribution in [3.8, 4) is 11.5 Å². The van der Waals surface area contributed by atoms with Gasteiger partial charge in [0.15, 0.2) is 11.2 Å². The minimum absolute atomic E-state index is 0.111. The van der Waals surface area contributed by atoms with Gasteiger partial charge in [-0.25, -0.2) is 4.98 Å². The van der Waals surface area contributed by atoms with Crippen molar-refractivity contribution >= 4 is 33.1 Å². The van der Waals surface area contributed by atoms with Crippen LogP contribution in [-0.2, 0) is 6.54 Å². The Bertz CT molecular complexity index is 1040. The molecule has 6 heteroatoms. The highest BCUT2D eigenvalue weighted by Gasteiger charge is 2.09. The smallest absolute Gasteiger partial charge is 0.251 e. The van der Waals surface area contributed by atoms with E-state index < -0.39 is 0 Å². The van der Waals surface area contributed by atoms with Gasteiger partial charge in [0.05, 0.1) is 0 Å². The molecule has 0 atom stereocenters. The maximum absolute atomic E-state index is 12.2. The summed E-state index contributed by atoms with van der Waals surface area (Å²) in [5, 5.41) is 2.91. The van der Waals surface area contributed by atoms with Crippen molar-refractivity contribution in [3.63, 3.8) is 0 Å². The summed E-state index contributed by atoms with van der Waals surface area (Å²) in [5.74, 6) is 0.420. The third-order valence-electron chi connectivity index (χ3n) is 3.91. The first-order chi connectivity index (χ1) is 12.7. The molecule has 4 rings (SSSR count). The molecule has 2 heterocycles. The van der Waals surface area contributed by atoms with Crippen molar-refractivity contribution in [1.29, 1.82) is 0 Å². The third-order valence-corrected chi connectivity index (χ3v) is 4.40. The van der Waals surface area contributed by atoms with Gasteiger partial charge in [-0.1, -0.05) is 34.1 Å². The number of aromatic nitrogens is 2. The molecule has 2 aromatic heterocycles. The molecular formula is C20H14BrN3O2. The number of carbonyl (C=O) groups excluding carboxylic acids is 1. The van der Waals surface area contributed by atoms with Gasteiger partial charge in [0, 0.05) is 28.3 Å². The Morgan fingerprint density at radius 2 is 1.92 bits per heavy atom. The summed E-state index contributed by atoms with van der Waals surface area (Å²) in [6.07, 6.45) is 1.69. The van der Waals surface area contributed by atoms with E-state index in [0.717, 1.165) is 15.6 Å². The zero-order valence-electron chi connectivity index (χ0n) is 13.6. The molecule has 0 aliphatic heterocycles. The summed E-state index contributed by atoms with van der Waals surface area (Å²) in [7, 11) is 0. The van der Waals surface area contributed by atoms with E-state index in [1.807, 2.05) is 48.5 Å². The summed E-state index contributed by atoms with van der Waals surface area (Å²) in [6, 6.07) is 18.7. The van der Waals surface area contributed by atoms with Crippen molar-refractivity contribution in [1.82, 2.24) is 15.3 Å². The molecule has 0 spiro atoms. The molecule has 4 aromatic rings. The van der Waals surface area contributed by atoms with Crippen LogP contribution in [-0.4, -0.2) is 15.9 Å². The van der Waals surface area contributed by atoms with E-state index in [9.17, 15) is 4.79 Å². The lowest BCUT2D eigenvalue weighted by atomic mass is 10.1. The number of halogens is 1. The van der Waals surface area contributed by atoms with Gasteiger partial charge in [-0.15, -0.1) is 0 Å². The van der Waals surface area contributed by atoms with Gasteiger partial charge in [-0.3, -0.25) is 4.79 Å². The van der Waals surface area contributed by atoms with Crippen molar-refractivity contribution in [2.24, 2.45) is 0 Å². The number of hydrogen-bond donors (Lipinski definition) is 1. The standard InChI is InChI=1S/C20H14BrN3O2/c21-16-4-1-3-15(11-16)19(25)23-12-13-6-8-14(9-7-13)20-24-18-17(26-20)5-2-10-22-18/h1-11H,12H2,(H,23,25). The van der Waals surface area contributed by atoms with E-state index in [4.69, 9.17) is 4.42 Å². The molecule has 2 aromatic carbocycles. The predicted molar refractivity (Wildman–Crippen MR) is 103 cm³/mol. The van der Waals surface area contributed by atoms with Gasteiger partial charge in [-0.05, 0) is 48.0 Å². The van der Waals surface area contributed by atoms with Crippen LogP contribution in [0.5, 0.6) is 0 Å². The van der Waals surface area contributed by atoms with Crippen LogP contribution in [0.3, 0.4) is 0 Å². The second kappa shape index (κ2) is 7.09. The number of hydrogen-bond acceptors (Lipinski definition) is 4. The number of nitrogens with one attached hydrogen (secondary N) is 1. The lowest BCUT2D eigenvalue weighted by Crippen LogP contribution is -2.22. The zero-order chi connectivity index (χ0) is 17.9. The molecule has 128 valence electrons. The number of carbonyl (C=O) groups is 1. The highest BCUT2D eigenvalue weighted by Crippen LogP contribution is 2.23. The third kappa shape index (κ3) is 3.50. The maximum atomic E-state index is 12.2. The van der Waals surface area contributed by atoms with Crippen LogP contribution in [0, 0.1) is 0 Å². The Morgan fingerprint density at radius 1 is 1.08 bits per heavy atom. The first kappa shape index (κ1) is 16.5. The summed E-state index contributed by atoms with van der Waals surface area (Å²) >= 11 is 3.37. The average molecular weight is 408 g/mol. The molecule has 0 saturated carbocycles. The summed E-state index contributed by atoms with van der Waals surface area (Å²) in [6.45, 7) is 0.445. The molecule has 0 aliphatic rings. The maximum Gasteiger partial charge on any atom is 0.251 e. The number of fused-ring (bicyclic) bond motifs is 1. The van der Waals surface area contributed by atoms with Crippen LogP contribution in [0.15, 0.2) is 75.8 Å². The quantitative estimate of drug-likeness (QED) is 0.537. The molecule has 26 heavy (non-hydrogen) atoms. The van der Waals surface area contributed by atoms with Gasteiger partial charge in [-0.2, -0.15) is 4.98 Å². The van der Waals surface area contributed by atoms with Gasteiger partial charge in [0.25, 0.3) is 5.91 Å². The second-order valence-corrected chi connectivity index (χ2v) is 6.65. The Morgan fingerprint density at radius 3 is 2.69 bits per heavy atom. The molecule has 0 unspecified atom stereocenters. The molecule has 0 aliphatic carbocycles. The predicted octanol–water partition coefficient (Wildman–Crippen LogP) is 4.58. The van der Waals surface area contributed by atoms with E-state index in [1.165, 1.54) is 0 Å². The minimum atomic E-state index is -0.111. The van der Waals surface area contributed by atoms with Crippen LogP contribution in [0.1, 0.15) is 15.9 Å². The Hall–Kier alpha value is -2.99. The van der Waals surface area contributed by atoms with Crippen LogP contribution in [0.2, 0.25) is 0 Å². The topological polar surface area (TPSA) is 68.0 Å². The van der Waals surface area contributed by atoms with Crippen LogP contribution < -0.4 is 5.32 Å². The first-order valence-electron chi connectivity index (χ1n) is 8.04. The van der Waals surface area contributed by atoms with Gasteiger partial charge >= 0.3 is 0 Å². The fraction of sp³-hybridized carbons (Fsp3) is 0.0500. The molecule has 5 nitrogen and oxygen atoms in total. The molecule has 0 bridgehead atoms. The van der Waals surface area contributed by atoms with E-state index >= 15 is 0 Å². The lowest BCUT2D eigenvalue weighted by Gasteiger charge is -2.06. The Balaban J connectivity index is 1.45. The normalized spacial score (nSPS) is 10.8. The fourth-order valence-electron chi connectivity index (χ4n) is 2.57. The molecule has 0 fully saturated rings. The van der Waals surface area contributed by atoms with Gasteiger partial charge < -0.3 is 9.73 Å². The highest BCUT2D eigenvalue weighted by molar-refractivity contribution is 9.10. The molecule has 0 saturated heterocycles. The number of benzene rings is 2. The lowest BCUT2D eigenvalue weighted by molar-refractivity contribution is 0.0951. The Kier molecular flexibility index (Phi) is 4.50. The number of pyridine rings is 1. The first-order valence-corrected chi connectivity index (χ1v) is 8.83. The summed E-state index contributed by atoms with van der Waals surface area (Å²) in [5.41, 5.74) is 3.73. The monoisotopic (exact) mass is 407 g/mol. The number of rotatable bonds is 4. The average Bonchev–Trinajstić information content (AvgIpc) is 3.11. The molecule has 1 N–H and O–H groups in total. The summed E-state index contributed by atoms with van der Waals surface area (Å²) in [4.78, 5) is 20.7. The minimum Gasteiger partial charge on any atom is -0.434 e. The SMILES string of the molecule is O=C(NCc1ccc(-c2nc3ncccc3o2)cc1)c1cccc(Br)c1. The van der Waals surface area contributed by atoms with Crippen LogP contribution in [0.4, 0.5) is 0 Å². The largest absolute Gasteiger partial charge is 0.434 e. The van der Waals surface area contributed by atoms with E-state index in [2.05, 4.69) is 31.2 Å². The van der Waals surface area contributed by atoms with Gasteiger partial charge in [0.2, 0.25) is 5.89 Å². The fourth-order valence-corrected chi connectivity index (χ4v) is 2.97. The number of amides is 1. The van der Waals surface area contributed by atoms with E-state index in [1.54, 1.807) is 18.3 Å². The number of nitrogens with zero attached hydrogens (tertiary/aromatic N) is 2. The van der Waals surface area contributed by atoms with Crippen molar-refractivity contribution in [2.45, 2.75) is 6.54 Å². The summed E-state index contributed by atoms with van der Waals surface area (Å²) < 4.78 is 6.59. The van der Waals surface area contributed by atoms with E-state index in [0.29, 0.717) is 29.2 Å². The second-order valence-electron chi connectivity index (χ2n) is 5.73. The number of oxazole rings is 1.